The molecule has 3 aromatic rings. The number of nitrogens with one attached hydrogen (secondary N) is 3. The summed E-state index contributed by atoms with van der Waals surface area (Å²) in [5.74, 6) is 1.10. The number of carbonyl (C=O) groups excluding carboxylic acids is 1. The molecule has 2 amide bonds. The maximum atomic E-state index is 13.0. The molecular formula is C24H31N5O2S2. The molecule has 0 aromatic carbocycles. The van der Waals surface area contributed by atoms with Crippen LogP contribution in [-0.4, -0.2) is 22.7 Å². The largest absolute Gasteiger partial charge is 0.334 e. The third kappa shape index (κ3) is 4.46. The van der Waals surface area contributed by atoms with Crippen LogP contribution in [0.4, 0.5) is 9.80 Å². The van der Waals surface area contributed by atoms with E-state index >= 15 is 0 Å². The Hall–Kier alpha value is -2.23. The van der Waals surface area contributed by atoms with Gasteiger partial charge >= 0.3 is 6.03 Å². The lowest BCUT2D eigenvalue weighted by molar-refractivity contribution is 0.251. The molecule has 0 atom stereocenters. The molecule has 4 heterocycles. The van der Waals surface area contributed by atoms with Gasteiger partial charge in [-0.25, -0.2) is 4.79 Å². The van der Waals surface area contributed by atoms with E-state index in [4.69, 9.17) is 4.52 Å². The number of urea groups is 1. The van der Waals surface area contributed by atoms with E-state index in [1.165, 1.54) is 37.7 Å². The van der Waals surface area contributed by atoms with Crippen molar-refractivity contribution in [2.45, 2.75) is 78.3 Å². The molecule has 3 N–H and O–H groups in total. The van der Waals surface area contributed by atoms with Gasteiger partial charge < -0.3 is 15.2 Å². The van der Waals surface area contributed by atoms with Gasteiger partial charge in [0.15, 0.2) is 5.82 Å². The van der Waals surface area contributed by atoms with Gasteiger partial charge in [-0.2, -0.15) is 4.98 Å². The lowest BCUT2D eigenvalue weighted by Gasteiger charge is -2.20. The summed E-state index contributed by atoms with van der Waals surface area (Å²) >= 11 is 3.53. The van der Waals surface area contributed by atoms with Gasteiger partial charge in [0.25, 0.3) is 5.89 Å². The maximum absolute atomic E-state index is 13.0. The Morgan fingerprint density at radius 1 is 1.12 bits per heavy atom. The molecule has 0 unspecified atom stereocenters. The lowest BCUT2D eigenvalue weighted by Crippen LogP contribution is -2.30. The average Bonchev–Trinajstić information content (AvgIpc) is 3.46. The molecule has 9 heteroatoms. The van der Waals surface area contributed by atoms with Gasteiger partial charge in [0.2, 0.25) is 0 Å². The minimum absolute atomic E-state index is 0.0469. The Balaban J connectivity index is 1.38. The van der Waals surface area contributed by atoms with Crippen molar-refractivity contribution in [3.63, 3.8) is 0 Å². The van der Waals surface area contributed by atoms with E-state index in [1.807, 2.05) is 18.3 Å². The molecule has 1 aliphatic carbocycles. The van der Waals surface area contributed by atoms with Crippen molar-refractivity contribution in [1.82, 2.24) is 20.8 Å². The van der Waals surface area contributed by atoms with Gasteiger partial charge in [0.1, 0.15) is 5.00 Å². The maximum Gasteiger partial charge on any atom is 0.320 e. The highest BCUT2D eigenvalue weighted by Crippen LogP contribution is 2.44. The van der Waals surface area contributed by atoms with E-state index in [-0.39, 0.29) is 11.4 Å². The number of carbonyl (C=O) groups is 1. The fraction of sp³-hybridized carbons (Fsp3) is 0.542. The smallest absolute Gasteiger partial charge is 0.320 e. The minimum Gasteiger partial charge on any atom is -0.334 e. The Labute approximate surface area is 202 Å². The third-order valence-corrected chi connectivity index (χ3v) is 9.19. The van der Waals surface area contributed by atoms with Crippen LogP contribution in [0.5, 0.6) is 0 Å². The Morgan fingerprint density at radius 3 is 2.70 bits per heavy atom. The van der Waals surface area contributed by atoms with Crippen LogP contribution in [0.1, 0.15) is 70.8 Å². The molecule has 0 spiro atoms. The summed E-state index contributed by atoms with van der Waals surface area (Å²) in [6, 6.07) is -0.195. The van der Waals surface area contributed by atoms with Gasteiger partial charge in [-0.3, -0.25) is 5.32 Å². The van der Waals surface area contributed by atoms with E-state index in [2.05, 4.69) is 46.9 Å². The molecule has 3 aromatic heterocycles. The van der Waals surface area contributed by atoms with Crippen LogP contribution in [0.2, 0.25) is 0 Å². The molecule has 0 radical (unpaired) electrons. The standard InChI is InChI=1S/C24H31N5O2S2/c1-13-27-21(31-29-13)19-15-7-5-6-8-17(15)33-22(19)28-23(30)26-11-16-14-9-10-25-12-18(14)32-20(16)24(2,3)4/h25H,5-12H2,1-4H3,(H2,26,28,30). The van der Waals surface area contributed by atoms with Crippen LogP contribution in [0.25, 0.3) is 11.5 Å². The number of anilines is 1. The summed E-state index contributed by atoms with van der Waals surface area (Å²) < 4.78 is 5.50. The number of rotatable bonds is 4. The summed E-state index contributed by atoms with van der Waals surface area (Å²) in [5.41, 5.74) is 4.90. The molecule has 7 nitrogen and oxygen atoms in total. The van der Waals surface area contributed by atoms with Gasteiger partial charge in [-0.1, -0.05) is 25.9 Å². The van der Waals surface area contributed by atoms with E-state index in [1.54, 1.807) is 11.3 Å². The second kappa shape index (κ2) is 8.85. The van der Waals surface area contributed by atoms with Crippen molar-refractivity contribution in [2.24, 2.45) is 0 Å². The highest BCUT2D eigenvalue weighted by molar-refractivity contribution is 7.17. The van der Waals surface area contributed by atoms with Crippen molar-refractivity contribution in [3.8, 4) is 11.5 Å². The fourth-order valence-electron chi connectivity index (χ4n) is 4.79. The second-order valence-corrected chi connectivity index (χ2v) is 12.1. The molecule has 0 bridgehead atoms. The first kappa shape index (κ1) is 22.6. The van der Waals surface area contributed by atoms with Crippen LogP contribution in [0, 0.1) is 6.92 Å². The normalized spacial score (nSPS) is 15.8. The quantitative estimate of drug-likeness (QED) is 0.466. The lowest BCUT2D eigenvalue weighted by atomic mass is 9.89. The first-order chi connectivity index (χ1) is 15.8. The summed E-state index contributed by atoms with van der Waals surface area (Å²) in [6.45, 7) is 11.0. The zero-order valence-corrected chi connectivity index (χ0v) is 21.3. The van der Waals surface area contributed by atoms with E-state index in [0.717, 1.165) is 49.3 Å². The number of hydrogen-bond acceptors (Lipinski definition) is 7. The first-order valence-electron chi connectivity index (χ1n) is 11.7. The highest BCUT2D eigenvalue weighted by atomic mass is 32.1. The van der Waals surface area contributed by atoms with Crippen molar-refractivity contribution in [3.05, 3.63) is 37.1 Å². The molecule has 2 aliphatic rings. The van der Waals surface area contributed by atoms with E-state index in [9.17, 15) is 4.79 Å². The molecule has 176 valence electrons. The van der Waals surface area contributed by atoms with E-state index in [0.29, 0.717) is 18.3 Å². The highest BCUT2D eigenvalue weighted by Gasteiger charge is 2.29. The second-order valence-electron chi connectivity index (χ2n) is 9.86. The SMILES string of the molecule is Cc1noc(-c2c(NC(=O)NCc3c(C(C)(C)C)sc4c3CCNC4)sc3c2CCCC3)n1. The van der Waals surface area contributed by atoms with Crippen LogP contribution in [0.3, 0.4) is 0 Å². The molecule has 0 fully saturated rings. The fourth-order valence-corrected chi connectivity index (χ4v) is 7.46. The topological polar surface area (TPSA) is 92.1 Å². The number of fused-ring (bicyclic) bond motifs is 2. The number of nitrogens with zero attached hydrogens (tertiary/aromatic N) is 2. The first-order valence-corrected chi connectivity index (χ1v) is 13.3. The predicted octanol–water partition coefficient (Wildman–Crippen LogP) is 5.31. The predicted molar refractivity (Wildman–Crippen MR) is 133 cm³/mol. The van der Waals surface area contributed by atoms with Gasteiger partial charge in [-0.15, -0.1) is 22.7 Å². The van der Waals surface area contributed by atoms with Crippen LogP contribution in [-0.2, 0) is 37.8 Å². The summed E-state index contributed by atoms with van der Waals surface area (Å²) in [7, 11) is 0. The van der Waals surface area contributed by atoms with Crippen molar-refractivity contribution < 1.29 is 9.32 Å². The monoisotopic (exact) mass is 485 g/mol. The molecule has 1 aliphatic heterocycles. The van der Waals surface area contributed by atoms with Crippen molar-refractivity contribution in [2.75, 3.05) is 11.9 Å². The summed E-state index contributed by atoms with van der Waals surface area (Å²) in [4.78, 5) is 21.6. The number of aryl methyl sites for hydroxylation is 2. The zero-order chi connectivity index (χ0) is 23.2. The van der Waals surface area contributed by atoms with Gasteiger partial charge in [0.05, 0.1) is 5.56 Å². The van der Waals surface area contributed by atoms with Crippen molar-refractivity contribution >= 4 is 33.7 Å². The molecule has 33 heavy (non-hydrogen) atoms. The molecule has 0 saturated heterocycles. The Morgan fingerprint density at radius 2 is 1.94 bits per heavy atom. The van der Waals surface area contributed by atoms with E-state index < -0.39 is 0 Å². The van der Waals surface area contributed by atoms with Crippen molar-refractivity contribution in [1.29, 1.82) is 0 Å². The molecule has 5 rings (SSSR count). The summed E-state index contributed by atoms with van der Waals surface area (Å²) in [6.07, 6.45) is 5.35. The Bertz CT molecular complexity index is 1180. The third-order valence-electron chi connectivity index (χ3n) is 6.28. The summed E-state index contributed by atoms with van der Waals surface area (Å²) in [5, 5.41) is 14.5. The van der Waals surface area contributed by atoms with Crippen LogP contribution >= 0.6 is 22.7 Å². The molecule has 0 saturated carbocycles. The van der Waals surface area contributed by atoms with Gasteiger partial charge in [0, 0.05) is 27.7 Å². The molecular weight excluding hydrogens is 454 g/mol. The number of amides is 2. The zero-order valence-electron chi connectivity index (χ0n) is 19.7. The minimum atomic E-state index is -0.195. The number of thiophene rings is 2. The Kier molecular flexibility index (Phi) is 6.05. The van der Waals surface area contributed by atoms with Gasteiger partial charge in [-0.05, 0) is 67.7 Å². The van der Waals surface area contributed by atoms with Crippen LogP contribution in [0.15, 0.2) is 4.52 Å². The number of hydrogen-bond donors (Lipinski definition) is 3. The average molecular weight is 486 g/mol. The van der Waals surface area contributed by atoms with Crippen LogP contribution < -0.4 is 16.0 Å². The number of aromatic nitrogens is 2.